The van der Waals surface area contributed by atoms with Gasteiger partial charge in [-0.1, -0.05) is 0 Å². The minimum atomic E-state index is 0.522. The van der Waals surface area contributed by atoms with Gasteiger partial charge in [-0.15, -0.1) is 0 Å². The van der Waals surface area contributed by atoms with Gasteiger partial charge in [0.2, 0.25) is 0 Å². The molecule has 1 aromatic carbocycles. The van der Waals surface area contributed by atoms with E-state index in [1.807, 2.05) is 6.20 Å². The molecule has 0 unspecified atom stereocenters. The molecule has 0 saturated carbocycles. The standard InChI is InChI=1S/C22H27N5O2/c1-28-19-10-15-6-9-26(12-16(15)11-20(19)29-2)17-4-3-8-27(13-17)22-18-5-7-23-21(18)24-14-25-22/h5,7,10-11,14,17H,3-4,6,8-9,12-13H2,1-2H3,(H,23,24,25)/t17-/m1/s1. The molecule has 2 aromatic heterocycles. The Labute approximate surface area is 170 Å². The maximum Gasteiger partial charge on any atom is 0.161 e. The van der Waals surface area contributed by atoms with E-state index in [2.05, 4.69) is 43.0 Å². The number of benzene rings is 1. The highest BCUT2D eigenvalue weighted by Gasteiger charge is 2.30. The number of hydrogen-bond donors (Lipinski definition) is 1. The molecule has 1 atom stereocenters. The molecule has 0 radical (unpaired) electrons. The van der Waals surface area contributed by atoms with Crippen molar-refractivity contribution in [3.05, 3.63) is 41.9 Å². The van der Waals surface area contributed by atoms with E-state index in [0.29, 0.717) is 6.04 Å². The molecule has 1 saturated heterocycles. The topological polar surface area (TPSA) is 66.5 Å². The third kappa shape index (κ3) is 3.29. The van der Waals surface area contributed by atoms with Crippen LogP contribution < -0.4 is 14.4 Å². The molecular formula is C22H27N5O2. The first-order valence-electron chi connectivity index (χ1n) is 10.3. The zero-order chi connectivity index (χ0) is 19.8. The summed E-state index contributed by atoms with van der Waals surface area (Å²) in [6.45, 7) is 4.07. The van der Waals surface area contributed by atoms with Crippen LogP contribution in [0.2, 0.25) is 0 Å². The molecule has 0 aliphatic carbocycles. The van der Waals surface area contributed by atoms with Gasteiger partial charge in [0.05, 0.1) is 19.6 Å². The number of methoxy groups -OCH3 is 2. The SMILES string of the molecule is COc1cc2c(cc1OC)CN([C@@H]1CCCN(c3ncnc4[nH]ccc34)C1)CC2. The maximum absolute atomic E-state index is 5.52. The number of anilines is 1. The van der Waals surface area contributed by atoms with Gasteiger partial charge in [0, 0.05) is 38.4 Å². The minimum absolute atomic E-state index is 0.522. The summed E-state index contributed by atoms with van der Waals surface area (Å²) in [6.07, 6.45) is 7.04. The van der Waals surface area contributed by atoms with Crippen LogP contribution in [0.4, 0.5) is 5.82 Å². The van der Waals surface area contributed by atoms with Crippen LogP contribution in [0.3, 0.4) is 0 Å². The summed E-state index contributed by atoms with van der Waals surface area (Å²) >= 11 is 0. The lowest BCUT2D eigenvalue weighted by Gasteiger charge is -2.42. The number of piperidine rings is 1. The number of nitrogens with one attached hydrogen (secondary N) is 1. The Kier molecular flexibility index (Phi) is 4.75. The van der Waals surface area contributed by atoms with Gasteiger partial charge < -0.3 is 19.4 Å². The van der Waals surface area contributed by atoms with Crippen LogP contribution in [0.1, 0.15) is 24.0 Å². The Bertz CT molecular complexity index is 1020. The largest absolute Gasteiger partial charge is 0.493 e. The molecule has 0 bridgehead atoms. The smallest absolute Gasteiger partial charge is 0.161 e. The molecular weight excluding hydrogens is 366 g/mol. The third-order valence-electron chi connectivity index (χ3n) is 6.29. The highest BCUT2D eigenvalue weighted by molar-refractivity contribution is 5.87. The molecule has 5 rings (SSSR count). The summed E-state index contributed by atoms with van der Waals surface area (Å²) in [6, 6.07) is 6.89. The van der Waals surface area contributed by atoms with Crippen LogP contribution in [0, 0.1) is 0 Å². The van der Waals surface area contributed by atoms with Crippen molar-refractivity contribution in [2.75, 3.05) is 38.8 Å². The summed E-state index contributed by atoms with van der Waals surface area (Å²) < 4.78 is 11.0. The second kappa shape index (κ2) is 7.55. The van der Waals surface area contributed by atoms with E-state index in [4.69, 9.17) is 9.47 Å². The van der Waals surface area contributed by atoms with E-state index < -0.39 is 0 Å². The second-order valence-electron chi connectivity index (χ2n) is 7.88. The first-order chi connectivity index (χ1) is 14.3. The van der Waals surface area contributed by atoms with E-state index in [1.165, 1.54) is 24.0 Å². The number of rotatable bonds is 4. The summed E-state index contributed by atoms with van der Waals surface area (Å²) in [5.74, 6) is 2.68. The molecule has 7 heteroatoms. The van der Waals surface area contributed by atoms with Gasteiger partial charge in [0.25, 0.3) is 0 Å². The number of hydrogen-bond acceptors (Lipinski definition) is 6. The molecule has 0 amide bonds. The van der Waals surface area contributed by atoms with Crippen LogP contribution in [0.5, 0.6) is 11.5 Å². The number of nitrogens with zero attached hydrogens (tertiary/aromatic N) is 4. The van der Waals surface area contributed by atoms with E-state index >= 15 is 0 Å². The normalized spacial score (nSPS) is 19.9. The van der Waals surface area contributed by atoms with Gasteiger partial charge in [-0.25, -0.2) is 9.97 Å². The van der Waals surface area contributed by atoms with Crippen LogP contribution in [-0.4, -0.2) is 59.7 Å². The molecule has 0 spiro atoms. The second-order valence-corrected chi connectivity index (χ2v) is 7.88. The number of H-pyrrole nitrogens is 1. The van der Waals surface area contributed by atoms with Gasteiger partial charge in [-0.2, -0.15) is 0 Å². The van der Waals surface area contributed by atoms with Crippen molar-refractivity contribution in [2.45, 2.75) is 31.8 Å². The summed E-state index contributed by atoms with van der Waals surface area (Å²) in [5.41, 5.74) is 3.63. The average Bonchev–Trinajstić information content (AvgIpc) is 3.27. The van der Waals surface area contributed by atoms with Gasteiger partial charge in [-0.3, -0.25) is 4.90 Å². The Morgan fingerprint density at radius 2 is 1.90 bits per heavy atom. The van der Waals surface area contributed by atoms with Crippen molar-refractivity contribution < 1.29 is 9.47 Å². The van der Waals surface area contributed by atoms with Crippen LogP contribution in [0.25, 0.3) is 11.0 Å². The number of ether oxygens (including phenoxy) is 2. The number of aromatic amines is 1. The molecule has 3 aromatic rings. The Morgan fingerprint density at radius 1 is 1.07 bits per heavy atom. The molecule has 2 aliphatic heterocycles. The van der Waals surface area contributed by atoms with Crippen molar-refractivity contribution in [3.63, 3.8) is 0 Å². The minimum Gasteiger partial charge on any atom is -0.493 e. The first-order valence-corrected chi connectivity index (χ1v) is 10.3. The molecule has 7 nitrogen and oxygen atoms in total. The fourth-order valence-corrected chi connectivity index (χ4v) is 4.77. The zero-order valence-electron chi connectivity index (χ0n) is 17.0. The molecule has 1 N–H and O–H groups in total. The first kappa shape index (κ1) is 18.2. The van der Waals surface area contributed by atoms with Gasteiger partial charge >= 0.3 is 0 Å². The lowest BCUT2D eigenvalue weighted by molar-refractivity contribution is 0.159. The summed E-state index contributed by atoms with van der Waals surface area (Å²) in [7, 11) is 3.40. The fraction of sp³-hybridized carbons (Fsp3) is 0.455. The van der Waals surface area contributed by atoms with Crippen LogP contribution in [-0.2, 0) is 13.0 Å². The molecule has 152 valence electrons. The van der Waals surface area contributed by atoms with Crippen molar-refractivity contribution >= 4 is 16.9 Å². The van der Waals surface area contributed by atoms with Crippen molar-refractivity contribution in [1.29, 1.82) is 0 Å². The molecule has 4 heterocycles. The Balaban J connectivity index is 1.36. The summed E-state index contributed by atoms with van der Waals surface area (Å²) in [5, 5.41) is 1.11. The maximum atomic E-state index is 5.52. The lowest BCUT2D eigenvalue weighted by Crippen LogP contribution is -2.49. The number of fused-ring (bicyclic) bond motifs is 2. The van der Waals surface area contributed by atoms with Crippen molar-refractivity contribution in [3.8, 4) is 11.5 Å². The summed E-state index contributed by atoms with van der Waals surface area (Å²) in [4.78, 5) is 17.2. The van der Waals surface area contributed by atoms with E-state index in [1.54, 1.807) is 20.5 Å². The monoisotopic (exact) mass is 393 g/mol. The van der Waals surface area contributed by atoms with Gasteiger partial charge in [0.15, 0.2) is 11.5 Å². The highest BCUT2D eigenvalue weighted by atomic mass is 16.5. The lowest BCUT2D eigenvalue weighted by atomic mass is 9.95. The predicted octanol–water partition coefficient (Wildman–Crippen LogP) is 3.00. The molecule has 1 fully saturated rings. The van der Waals surface area contributed by atoms with E-state index in [0.717, 1.165) is 61.0 Å². The van der Waals surface area contributed by atoms with Crippen molar-refractivity contribution in [2.24, 2.45) is 0 Å². The predicted molar refractivity (Wildman–Crippen MR) is 113 cm³/mol. The average molecular weight is 393 g/mol. The highest BCUT2D eigenvalue weighted by Crippen LogP contribution is 2.35. The van der Waals surface area contributed by atoms with E-state index in [-0.39, 0.29) is 0 Å². The molecule has 29 heavy (non-hydrogen) atoms. The number of aromatic nitrogens is 3. The third-order valence-corrected chi connectivity index (χ3v) is 6.29. The Morgan fingerprint density at radius 3 is 2.72 bits per heavy atom. The van der Waals surface area contributed by atoms with Gasteiger partial charge in [0.1, 0.15) is 17.8 Å². The van der Waals surface area contributed by atoms with Crippen LogP contribution >= 0.6 is 0 Å². The zero-order valence-corrected chi connectivity index (χ0v) is 17.0. The van der Waals surface area contributed by atoms with E-state index in [9.17, 15) is 0 Å². The molecule has 2 aliphatic rings. The van der Waals surface area contributed by atoms with Crippen molar-refractivity contribution in [1.82, 2.24) is 19.9 Å². The Hall–Kier alpha value is -2.80. The quantitative estimate of drug-likeness (QED) is 0.735. The van der Waals surface area contributed by atoms with Gasteiger partial charge in [-0.05, 0) is 48.6 Å². The van der Waals surface area contributed by atoms with Crippen LogP contribution in [0.15, 0.2) is 30.7 Å². The fourth-order valence-electron chi connectivity index (χ4n) is 4.77.